The minimum atomic E-state index is -0.697. The van der Waals surface area contributed by atoms with Crippen LogP contribution in [-0.2, 0) is 16.0 Å². The molecular formula is C10H15ClN2O2S. The number of thiazole rings is 1. The van der Waals surface area contributed by atoms with Gasteiger partial charge in [0.25, 0.3) is 0 Å². The number of carbonyl (C=O) groups excluding carboxylic acids is 1. The van der Waals surface area contributed by atoms with Crippen LogP contribution in [0.3, 0.4) is 0 Å². The van der Waals surface area contributed by atoms with E-state index in [1.54, 1.807) is 26.2 Å². The third-order valence-electron chi connectivity index (χ3n) is 1.66. The first-order valence-corrected chi connectivity index (χ1v) is 6.12. The molecule has 0 spiro atoms. The summed E-state index contributed by atoms with van der Waals surface area (Å²) in [7, 11) is 0. The number of aromatic nitrogens is 1. The third-order valence-corrected chi connectivity index (χ3v) is 2.69. The van der Waals surface area contributed by atoms with Crippen molar-refractivity contribution in [1.82, 2.24) is 4.98 Å². The number of ether oxygens (including phenoxy) is 1. The first-order valence-electron chi connectivity index (χ1n) is 4.86. The van der Waals surface area contributed by atoms with Gasteiger partial charge in [-0.25, -0.2) is 4.98 Å². The van der Waals surface area contributed by atoms with E-state index >= 15 is 0 Å². The molecule has 0 aliphatic carbocycles. The minimum absolute atomic E-state index is 0.345. The van der Waals surface area contributed by atoms with Gasteiger partial charge in [0.2, 0.25) is 0 Å². The fourth-order valence-corrected chi connectivity index (χ4v) is 1.86. The number of hydrogen-bond donors (Lipinski definition) is 1. The Morgan fingerprint density at radius 3 is 2.75 bits per heavy atom. The molecule has 0 radical (unpaired) electrons. The third kappa shape index (κ3) is 4.47. The van der Waals surface area contributed by atoms with E-state index < -0.39 is 17.6 Å². The standard InChI is InChI=1S/C10H15ClN2O2S/c1-10(2,3)15-8(14)7(12)4-6-5-16-9(11)13-6/h5,7H,4,12H2,1-3H3. The van der Waals surface area contributed by atoms with E-state index in [-0.39, 0.29) is 0 Å². The maximum Gasteiger partial charge on any atom is 0.323 e. The monoisotopic (exact) mass is 262 g/mol. The van der Waals surface area contributed by atoms with E-state index in [1.807, 2.05) is 0 Å². The summed E-state index contributed by atoms with van der Waals surface area (Å²) in [6.45, 7) is 5.41. The highest BCUT2D eigenvalue weighted by molar-refractivity contribution is 7.13. The quantitative estimate of drug-likeness (QED) is 0.847. The molecule has 1 heterocycles. The summed E-state index contributed by atoms with van der Waals surface area (Å²) in [5, 5.41) is 1.78. The lowest BCUT2D eigenvalue weighted by Gasteiger charge is -2.21. The van der Waals surface area contributed by atoms with Gasteiger partial charge in [-0.05, 0) is 20.8 Å². The van der Waals surface area contributed by atoms with Crippen molar-refractivity contribution in [3.05, 3.63) is 15.5 Å². The largest absolute Gasteiger partial charge is 0.459 e. The highest BCUT2D eigenvalue weighted by Gasteiger charge is 2.22. The molecular weight excluding hydrogens is 248 g/mol. The van der Waals surface area contributed by atoms with Crippen LogP contribution in [0.2, 0.25) is 4.47 Å². The molecule has 0 aliphatic heterocycles. The average Bonchev–Trinajstić information content (AvgIpc) is 2.48. The van der Waals surface area contributed by atoms with Crippen LogP contribution in [0.5, 0.6) is 0 Å². The Kier molecular flexibility index (Phi) is 4.29. The van der Waals surface area contributed by atoms with Gasteiger partial charge in [0, 0.05) is 11.8 Å². The molecule has 0 amide bonds. The van der Waals surface area contributed by atoms with Gasteiger partial charge in [0.1, 0.15) is 11.6 Å². The number of nitrogens with two attached hydrogens (primary N) is 1. The van der Waals surface area contributed by atoms with Crippen molar-refractivity contribution >= 4 is 28.9 Å². The number of esters is 1. The molecule has 0 bridgehead atoms. The smallest absolute Gasteiger partial charge is 0.323 e. The zero-order valence-corrected chi connectivity index (χ0v) is 11.1. The molecule has 16 heavy (non-hydrogen) atoms. The summed E-state index contributed by atoms with van der Waals surface area (Å²) in [6, 6.07) is -0.697. The van der Waals surface area contributed by atoms with E-state index in [1.165, 1.54) is 11.3 Å². The van der Waals surface area contributed by atoms with Crippen LogP contribution in [-0.4, -0.2) is 22.6 Å². The fourth-order valence-electron chi connectivity index (χ4n) is 1.06. The molecule has 90 valence electrons. The Morgan fingerprint density at radius 1 is 1.69 bits per heavy atom. The maximum absolute atomic E-state index is 11.6. The van der Waals surface area contributed by atoms with Gasteiger partial charge >= 0.3 is 5.97 Å². The van der Waals surface area contributed by atoms with Crippen molar-refractivity contribution in [2.45, 2.75) is 38.8 Å². The number of hydrogen-bond acceptors (Lipinski definition) is 5. The van der Waals surface area contributed by atoms with Crippen LogP contribution < -0.4 is 5.73 Å². The van der Waals surface area contributed by atoms with Gasteiger partial charge in [-0.1, -0.05) is 11.6 Å². The molecule has 1 rings (SSSR count). The van der Waals surface area contributed by atoms with Crippen LogP contribution >= 0.6 is 22.9 Å². The normalized spacial score (nSPS) is 13.6. The summed E-state index contributed by atoms with van der Waals surface area (Å²) in [4.78, 5) is 15.6. The zero-order valence-electron chi connectivity index (χ0n) is 9.49. The number of halogens is 1. The van der Waals surface area contributed by atoms with E-state index in [2.05, 4.69) is 4.98 Å². The van der Waals surface area contributed by atoms with Crippen molar-refractivity contribution < 1.29 is 9.53 Å². The lowest BCUT2D eigenvalue weighted by atomic mass is 10.1. The molecule has 0 saturated carbocycles. The Bertz CT molecular complexity index is 373. The number of carbonyl (C=O) groups is 1. The SMILES string of the molecule is CC(C)(C)OC(=O)C(N)Cc1csc(Cl)n1. The van der Waals surface area contributed by atoms with Crippen molar-refractivity contribution in [1.29, 1.82) is 0 Å². The molecule has 0 fully saturated rings. The Labute approximate surface area is 104 Å². The molecule has 2 N–H and O–H groups in total. The molecule has 1 aromatic rings. The first kappa shape index (κ1) is 13.4. The summed E-state index contributed by atoms with van der Waals surface area (Å²) >= 11 is 7.00. The second kappa shape index (κ2) is 5.12. The van der Waals surface area contributed by atoms with Crippen molar-refractivity contribution in [2.75, 3.05) is 0 Å². The van der Waals surface area contributed by atoms with E-state index in [0.29, 0.717) is 16.6 Å². The predicted octanol–water partition coefficient (Wildman–Crippen LogP) is 2.01. The Morgan fingerprint density at radius 2 is 2.31 bits per heavy atom. The summed E-state index contributed by atoms with van der Waals surface area (Å²) in [5.74, 6) is -0.420. The van der Waals surface area contributed by atoms with E-state index in [4.69, 9.17) is 22.1 Å². The Hall–Kier alpha value is -0.650. The fraction of sp³-hybridized carbons (Fsp3) is 0.600. The maximum atomic E-state index is 11.6. The summed E-state index contributed by atoms with van der Waals surface area (Å²) < 4.78 is 5.61. The Balaban J connectivity index is 2.52. The van der Waals surface area contributed by atoms with Crippen LogP contribution in [0.15, 0.2) is 5.38 Å². The lowest BCUT2D eigenvalue weighted by molar-refractivity contribution is -0.156. The van der Waals surface area contributed by atoms with Gasteiger partial charge in [0.05, 0.1) is 5.69 Å². The van der Waals surface area contributed by atoms with Crippen LogP contribution in [0.25, 0.3) is 0 Å². The molecule has 1 unspecified atom stereocenters. The molecule has 0 saturated heterocycles. The van der Waals surface area contributed by atoms with Gasteiger partial charge < -0.3 is 10.5 Å². The van der Waals surface area contributed by atoms with Gasteiger partial charge in [-0.15, -0.1) is 11.3 Å². The molecule has 0 aromatic carbocycles. The summed E-state index contributed by atoms with van der Waals surface area (Å²) in [6.07, 6.45) is 0.345. The van der Waals surface area contributed by atoms with Crippen molar-refractivity contribution in [3.8, 4) is 0 Å². The van der Waals surface area contributed by atoms with Gasteiger partial charge in [-0.3, -0.25) is 4.79 Å². The highest BCUT2D eigenvalue weighted by Crippen LogP contribution is 2.16. The molecule has 6 heteroatoms. The minimum Gasteiger partial charge on any atom is -0.459 e. The highest BCUT2D eigenvalue weighted by atomic mass is 35.5. The average molecular weight is 263 g/mol. The van der Waals surface area contributed by atoms with E-state index in [0.717, 1.165) is 0 Å². The number of rotatable bonds is 3. The van der Waals surface area contributed by atoms with Crippen LogP contribution in [0, 0.1) is 0 Å². The zero-order chi connectivity index (χ0) is 12.3. The van der Waals surface area contributed by atoms with Gasteiger partial charge in [-0.2, -0.15) is 0 Å². The van der Waals surface area contributed by atoms with Crippen LogP contribution in [0.1, 0.15) is 26.5 Å². The molecule has 1 aromatic heterocycles. The van der Waals surface area contributed by atoms with Crippen molar-refractivity contribution in [2.24, 2.45) is 5.73 Å². The van der Waals surface area contributed by atoms with Gasteiger partial charge in [0.15, 0.2) is 4.47 Å². The molecule has 1 atom stereocenters. The predicted molar refractivity (Wildman–Crippen MR) is 64.6 cm³/mol. The molecule has 0 aliphatic rings. The first-order chi connectivity index (χ1) is 7.28. The van der Waals surface area contributed by atoms with Crippen molar-refractivity contribution in [3.63, 3.8) is 0 Å². The second-order valence-corrected chi connectivity index (χ2v) is 5.88. The molecule has 4 nitrogen and oxygen atoms in total. The topological polar surface area (TPSA) is 65.2 Å². The second-order valence-electron chi connectivity index (χ2n) is 4.44. The van der Waals surface area contributed by atoms with Crippen LogP contribution in [0.4, 0.5) is 0 Å². The number of nitrogens with zero attached hydrogens (tertiary/aromatic N) is 1. The summed E-state index contributed by atoms with van der Waals surface area (Å²) in [5.41, 5.74) is 5.91. The lowest BCUT2D eigenvalue weighted by Crippen LogP contribution is -2.38. The van der Waals surface area contributed by atoms with E-state index in [9.17, 15) is 4.79 Å².